The zero-order valence-electron chi connectivity index (χ0n) is 16.4. The van der Waals surface area contributed by atoms with Crippen molar-refractivity contribution in [3.63, 3.8) is 0 Å². The number of carboxylic acid groups (broad SMARTS) is 1. The standard InChI is InChI=1S/C22H36O3/c1-4-7-10-12-18-15-19(13-11-8-5-2)22(25-14-9-6-3)20(16-18)17-21(23)24/h15-16H,4-14,17H2,1-3H3,(H,23,24). The Bertz CT molecular complexity index is 508. The van der Waals surface area contributed by atoms with Gasteiger partial charge in [0.2, 0.25) is 0 Å². The number of carbonyl (C=O) groups is 1. The minimum atomic E-state index is -0.787. The van der Waals surface area contributed by atoms with Crippen molar-refractivity contribution >= 4 is 5.97 Å². The maximum atomic E-state index is 11.3. The van der Waals surface area contributed by atoms with E-state index >= 15 is 0 Å². The van der Waals surface area contributed by atoms with Crippen molar-refractivity contribution in [1.29, 1.82) is 0 Å². The second-order valence-electron chi connectivity index (χ2n) is 6.93. The Morgan fingerprint density at radius 2 is 1.48 bits per heavy atom. The van der Waals surface area contributed by atoms with E-state index in [4.69, 9.17) is 4.74 Å². The van der Waals surface area contributed by atoms with Crippen LogP contribution in [-0.4, -0.2) is 17.7 Å². The molecule has 0 bridgehead atoms. The number of hydrogen-bond acceptors (Lipinski definition) is 2. The Kier molecular flexibility index (Phi) is 11.0. The first-order chi connectivity index (χ1) is 12.1. The van der Waals surface area contributed by atoms with Gasteiger partial charge in [0.15, 0.2) is 0 Å². The van der Waals surface area contributed by atoms with Crippen LogP contribution in [0.5, 0.6) is 5.75 Å². The van der Waals surface area contributed by atoms with Gasteiger partial charge >= 0.3 is 5.97 Å². The second kappa shape index (κ2) is 12.8. The number of aryl methyl sites for hydroxylation is 2. The molecule has 0 fully saturated rings. The van der Waals surface area contributed by atoms with Crippen molar-refractivity contribution in [2.75, 3.05) is 6.61 Å². The molecule has 1 aromatic rings. The highest BCUT2D eigenvalue weighted by molar-refractivity contribution is 5.72. The predicted molar refractivity (Wildman–Crippen MR) is 105 cm³/mol. The van der Waals surface area contributed by atoms with Crippen molar-refractivity contribution in [3.8, 4) is 5.75 Å². The molecule has 1 aromatic carbocycles. The first-order valence-corrected chi connectivity index (χ1v) is 10.1. The van der Waals surface area contributed by atoms with Gasteiger partial charge in [0.05, 0.1) is 13.0 Å². The van der Waals surface area contributed by atoms with Gasteiger partial charge in [0.25, 0.3) is 0 Å². The summed E-state index contributed by atoms with van der Waals surface area (Å²) in [6.45, 7) is 7.21. The number of rotatable bonds is 14. The van der Waals surface area contributed by atoms with Gasteiger partial charge in [0, 0.05) is 5.56 Å². The lowest BCUT2D eigenvalue weighted by Gasteiger charge is -2.18. The average Bonchev–Trinajstić information content (AvgIpc) is 2.57. The summed E-state index contributed by atoms with van der Waals surface area (Å²) in [6, 6.07) is 4.33. The number of carboxylic acids is 1. The summed E-state index contributed by atoms with van der Waals surface area (Å²) in [5.41, 5.74) is 3.32. The van der Waals surface area contributed by atoms with E-state index in [1.165, 1.54) is 36.8 Å². The van der Waals surface area contributed by atoms with E-state index in [2.05, 4.69) is 32.9 Å². The third kappa shape index (κ3) is 8.42. The molecule has 0 atom stereocenters. The molecule has 3 heteroatoms. The van der Waals surface area contributed by atoms with Gasteiger partial charge in [0.1, 0.15) is 5.75 Å². The Hall–Kier alpha value is -1.51. The largest absolute Gasteiger partial charge is 0.493 e. The van der Waals surface area contributed by atoms with Crippen LogP contribution in [0, 0.1) is 0 Å². The Labute approximate surface area is 153 Å². The first-order valence-electron chi connectivity index (χ1n) is 10.1. The molecule has 3 nitrogen and oxygen atoms in total. The molecule has 0 aliphatic carbocycles. The molecule has 0 unspecified atom stereocenters. The van der Waals surface area contributed by atoms with Crippen LogP contribution in [0.4, 0.5) is 0 Å². The van der Waals surface area contributed by atoms with E-state index < -0.39 is 5.97 Å². The van der Waals surface area contributed by atoms with Crippen LogP contribution in [0.25, 0.3) is 0 Å². The number of benzene rings is 1. The number of hydrogen-bond donors (Lipinski definition) is 1. The van der Waals surface area contributed by atoms with E-state index in [1.807, 2.05) is 0 Å². The lowest BCUT2D eigenvalue weighted by molar-refractivity contribution is -0.136. The summed E-state index contributed by atoms with van der Waals surface area (Å²) >= 11 is 0. The third-order valence-electron chi connectivity index (χ3n) is 4.51. The van der Waals surface area contributed by atoms with E-state index in [1.54, 1.807) is 0 Å². The molecule has 0 aliphatic rings. The van der Waals surface area contributed by atoms with Crippen LogP contribution in [0.3, 0.4) is 0 Å². The molecule has 0 heterocycles. The van der Waals surface area contributed by atoms with Gasteiger partial charge in [-0.1, -0.05) is 65.0 Å². The molecule has 0 radical (unpaired) electrons. The molecular formula is C22H36O3. The highest BCUT2D eigenvalue weighted by Crippen LogP contribution is 2.30. The Morgan fingerprint density at radius 1 is 0.880 bits per heavy atom. The minimum absolute atomic E-state index is 0.0455. The maximum Gasteiger partial charge on any atom is 0.307 e. The van der Waals surface area contributed by atoms with Crippen LogP contribution in [0.15, 0.2) is 12.1 Å². The lowest BCUT2D eigenvalue weighted by atomic mass is 9.95. The number of unbranched alkanes of at least 4 members (excludes halogenated alkanes) is 5. The van der Waals surface area contributed by atoms with Gasteiger partial charge in [-0.25, -0.2) is 0 Å². The predicted octanol–water partition coefficient (Wildman–Crippen LogP) is 5.96. The van der Waals surface area contributed by atoms with Crippen molar-refractivity contribution in [3.05, 3.63) is 28.8 Å². The molecule has 0 saturated heterocycles. The van der Waals surface area contributed by atoms with Crippen molar-refractivity contribution in [2.24, 2.45) is 0 Å². The van der Waals surface area contributed by atoms with Gasteiger partial charge < -0.3 is 9.84 Å². The summed E-state index contributed by atoms with van der Waals surface area (Å²) in [5.74, 6) is 0.0525. The highest BCUT2D eigenvalue weighted by atomic mass is 16.5. The van der Waals surface area contributed by atoms with E-state index in [-0.39, 0.29) is 6.42 Å². The zero-order valence-corrected chi connectivity index (χ0v) is 16.4. The highest BCUT2D eigenvalue weighted by Gasteiger charge is 2.15. The molecule has 0 aromatic heterocycles. The molecule has 142 valence electrons. The van der Waals surface area contributed by atoms with Gasteiger partial charge in [-0.2, -0.15) is 0 Å². The fourth-order valence-corrected chi connectivity index (χ4v) is 3.10. The Morgan fingerprint density at radius 3 is 2.08 bits per heavy atom. The van der Waals surface area contributed by atoms with Gasteiger partial charge in [-0.15, -0.1) is 0 Å². The SMILES string of the molecule is CCCCCc1cc(CCCCC)c(OCCCC)c(CC(=O)O)c1. The lowest BCUT2D eigenvalue weighted by Crippen LogP contribution is -2.09. The summed E-state index contributed by atoms with van der Waals surface area (Å²) < 4.78 is 6.06. The molecule has 0 spiro atoms. The smallest absolute Gasteiger partial charge is 0.307 e. The number of ether oxygens (including phenoxy) is 1. The molecular weight excluding hydrogens is 312 g/mol. The monoisotopic (exact) mass is 348 g/mol. The topological polar surface area (TPSA) is 46.5 Å². The van der Waals surface area contributed by atoms with Crippen LogP contribution in [0.2, 0.25) is 0 Å². The molecule has 1 rings (SSSR count). The molecule has 0 amide bonds. The summed E-state index contributed by atoms with van der Waals surface area (Å²) in [4.78, 5) is 11.3. The maximum absolute atomic E-state index is 11.3. The first kappa shape index (κ1) is 21.5. The van der Waals surface area contributed by atoms with E-state index in [9.17, 15) is 9.90 Å². The fourth-order valence-electron chi connectivity index (χ4n) is 3.10. The fraction of sp³-hybridized carbons (Fsp3) is 0.682. The Balaban J connectivity index is 3.08. The van der Waals surface area contributed by atoms with Crippen LogP contribution in [-0.2, 0) is 24.1 Å². The zero-order chi connectivity index (χ0) is 18.5. The van der Waals surface area contributed by atoms with Crippen LogP contribution in [0.1, 0.15) is 88.8 Å². The summed E-state index contributed by atoms with van der Waals surface area (Å²) in [5, 5.41) is 9.32. The van der Waals surface area contributed by atoms with E-state index in [0.29, 0.717) is 6.61 Å². The van der Waals surface area contributed by atoms with Crippen molar-refractivity contribution in [2.45, 2.75) is 91.4 Å². The van der Waals surface area contributed by atoms with Gasteiger partial charge in [-0.05, 0) is 43.2 Å². The van der Waals surface area contributed by atoms with Crippen molar-refractivity contribution < 1.29 is 14.6 Å². The quantitative estimate of drug-likeness (QED) is 0.422. The van der Waals surface area contributed by atoms with Gasteiger partial charge in [-0.3, -0.25) is 4.79 Å². The minimum Gasteiger partial charge on any atom is -0.493 e. The summed E-state index contributed by atoms with van der Waals surface area (Å²) in [6.07, 6.45) is 11.2. The third-order valence-corrected chi connectivity index (χ3v) is 4.51. The molecule has 0 saturated carbocycles. The molecule has 1 N–H and O–H groups in total. The molecule has 0 aliphatic heterocycles. The summed E-state index contributed by atoms with van der Waals surface area (Å²) in [7, 11) is 0. The van der Waals surface area contributed by atoms with Crippen LogP contribution < -0.4 is 4.74 Å². The average molecular weight is 349 g/mol. The molecule has 25 heavy (non-hydrogen) atoms. The second-order valence-corrected chi connectivity index (χ2v) is 6.93. The van der Waals surface area contributed by atoms with Crippen molar-refractivity contribution in [1.82, 2.24) is 0 Å². The van der Waals surface area contributed by atoms with E-state index in [0.717, 1.165) is 49.8 Å². The van der Waals surface area contributed by atoms with Crippen LogP contribution >= 0.6 is 0 Å². The number of aliphatic carboxylic acids is 1. The normalized spacial score (nSPS) is 10.8.